The molecule has 0 radical (unpaired) electrons. The molecule has 0 aliphatic heterocycles. The lowest BCUT2D eigenvalue weighted by atomic mass is 10.2. The molecule has 1 heterocycles. The molecule has 0 aliphatic rings. The van der Waals surface area contributed by atoms with Crippen molar-refractivity contribution in [2.45, 2.75) is 32.6 Å². The van der Waals surface area contributed by atoms with Gasteiger partial charge >= 0.3 is 12.0 Å². The van der Waals surface area contributed by atoms with E-state index in [-0.39, 0.29) is 12.0 Å². The molecule has 6 nitrogen and oxygen atoms in total. The number of aryl methyl sites for hydroxylation is 1. The second-order valence-electron chi connectivity index (χ2n) is 6.31. The second kappa shape index (κ2) is 9.85. The molecular weight excluding hydrogens is 374 g/mol. The molecule has 1 aromatic heterocycles. The minimum atomic E-state index is -0.298. The van der Waals surface area contributed by atoms with E-state index in [9.17, 15) is 9.59 Å². The van der Waals surface area contributed by atoms with Gasteiger partial charge in [-0.15, -0.1) is 11.3 Å². The number of aromatic nitrogens is 1. The van der Waals surface area contributed by atoms with Gasteiger partial charge in [0.15, 0.2) is 0 Å². The molecule has 3 rings (SSSR count). The van der Waals surface area contributed by atoms with Crippen molar-refractivity contribution in [2.75, 3.05) is 11.9 Å². The fourth-order valence-corrected chi connectivity index (χ4v) is 3.65. The van der Waals surface area contributed by atoms with Crippen LogP contribution in [0.2, 0.25) is 0 Å². The second-order valence-corrected chi connectivity index (χ2v) is 7.43. The van der Waals surface area contributed by atoms with Crippen LogP contribution in [-0.4, -0.2) is 23.5 Å². The van der Waals surface area contributed by atoms with Crippen LogP contribution in [-0.2, 0) is 11.2 Å². The van der Waals surface area contributed by atoms with Crippen LogP contribution in [0.1, 0.15) is 31.2 Å². The minimum absolute atomic E-state index is 0.277. The summed E-state index contributed by atoms with van der Waals surface area (Å²) in [6.45, 7) is 2.59. The monoisotopic (exact) mass is 397 g/mol. The molecule has 0 fully saturated rings. The van der Waals surface area contributed by atoms with Gasteiger partial charge in [0.2, 0.25) is 0 Å². The predicted octanol–water partition coefficient (Wildman–Crippen LogP) is 4.76. The zero-order valence-electron chi connectivity index (χ0n) is 15.7. The number of para-hydroxylation sites is 1. The van der Waals surface area contributed by atoms with Gasteiger partial charge in [0.25, 0.3) is 0 Å². The maximum Gasteiger partial charge on any atom is 0.319 e. The number of rotatable bonds is 8. The van der Waals surface area contributed by atoms with Gasteiger partial charge in [0, 0.05) is 24.7 Å². The number of carbonyl (C=O) groups excluding carboxylic acids is 2. The number of urea groups is 1. The number of amides is 2. The highest BCUT2D eigenvalue weighted by atomic mass is 32.1. The van der Waals surface area contributed by atoms with Crippen LogP contribution < -0.4 is 15.4 Å². The Morgan fingerprint density at radius 2 is 2.00 bits per heavy atom. The summed E-state index contributed by atoms with van der Waals surface area (Å²) >= 11 is 1.66. The summed E-state index contributed by atoms with van der Waals surface area (Å²) in [5.41, 5.74) is 1.57. The third-order valence-corrected chi connectivity index (χ3v) is 5.07. The first-order valence-electron chi connectivity index (χ1n) is 9.34. The third kappa shape index (κ3) is 5.79. The zero-order chi connectivity index (χ0) is 19.8. The molecule has 0 atom stereocenters. The number of nitrogens with zero attached hydrogens (tertiary/aromatic N) is 1. The van der Waals surface area contributed by atoms with Crippen LogP contribution in [0.15, 0.2) is 48.5 Å². The highest BCUT2D eigenvalue weighted by molar-refractivity contribution is 7.18. The lowest BCUT2D eigenvalue weighted by Gasteiger charge is -2.09. The maximum atomic E-state index is 12.1. The largest absolute Gasteiger partial charge is 0.426 e. The van der Waals surface area contributed by atoms with Gasteiger partial charge in [-0.1, -0.05) is 25.1 Å². The summed E-state index contributed by atoms with van der Waals surface area (Å²) in [5.74, 6) is 0.118. The Labute approximate surface area is 167 Å². The Kier molecular flexibility index (Phi) is 6.97. The van der Waals surface area contributed by atoms with Gasteiger partial charge in [-0.25, -0.2) is 9.78 Å². The molecule has 0 saturated heterocycles. The number of anilines is 1. The number of thiazole rings is 1. The quantitative estimate of drug-likeness (QED) is 0.424. The van der Waals surface area contributed by atoms with E-state index in [1.165, 1.54) is 0 Å². The van der Waals surface area contributed by atoms with Crippen LogP contribution in [0, 0.1) is 0 Å². The van der Waals surface area contributed by atoms with Crippen molar-refractivity contribution in [3.05, 3.63) is 53.5 Å². The lowest BCUT2D eigenvalue weighted by Crippen LogP contribution is -2.29. The molecule has 146 valence electrons. The van der Waals surface area contributed by atoms with Crippen LogP contribution in [0.4, 0.5) is 10.5 Å². The maximum absolute atomic E-state index is 12.1. The number of hydrogen-bond donors (Lipinski definition) is 2. The Balaban J connectivity index is 1.46. The zero-order valence-corrected chi connectivity index (χ0v) is 16.6. The van der Waals surface area contributed by atoms with Gasteiger partial charge in [-0.05, 0) is 43.5 Å². The Hall–Kier alpha value is -2.93. The normalized spacial score (nSPS) is 10.6. The first-order chi connectivity index (χ1) is 13.6. The van der Waals surface area contributed by atoms with E-state index in [0.29, 0.717) is 30.8 Å². The fraction of sp³-hybridized carbons (Fsp3) is 0.286. The van der Waals surface area contributed by atoms with E-state index in [1.54, 1.807) is 35.6 Å². The van der Waals surface area contributed by atoms with Crippen molar-refractivity contribution >= 4 is 39.2 Å². The number of ether oxygens (including phenoxy) is 1. The summed E-state index contributed by atoms with van der Waals surface area (Å²) in [4.78, 5) is 28.4. The van der Waals surface area contributed by atoms with Gasteiger partial charge < -0.3 is 15.4 Å². The standard InChI is InChI=1S/C21H23N3O3S/c1-2-13-22-21(26)23-15-7-5-8-16(14-15)27-20(25)12-6-11-19-24-17-9-3-4-10-18(17)28-19/h3-5,7-10,14H,2,6,11-13H2,1H3,(H2,22,23,26). The van der Waals surface area contributed by atoms with Crippen LogP contribution in [0.25, 0.3) is 10.2 Å². The summed E-state index contributed by atoms with van der Waals surface area (Å²) in [7, 11) is 0. The Morgan fingerprint density at radius 3 is 2.82 bits per heavy atom. The summed E-state index contributed by atoms with van der Waals surface area (Å²) in [6, 6.07) is 14.5. The van der Waals surface area contributed by atoms with Gasteiger partial charge in [-0.3, -0.25) is 4.79 Å². The third-order valence-electron chi connectivity index (χ3n) is 3.97. The van der Waals surface area contributed by atoms with E-state index >= 15 is 0 Å². The molecular formula is C21H23N3O3S. The summed E-state index contributed by atoms with van der Waals surface area (Å²) in [6.07, 6.45) is 2.59. The Bertz CT molecular complexity index is 922. The number of esters is 1. The first kappa shape index (κ1) is 19.8. The molecule has 0 spiro atoms. The van der Waals surface area contributed by atoms with Crippen molar-refractivity contribution in [2.24, 2.45) is 0 Å². The fourth-order valence-electron chi connectivity index (χ4n) is 2.64. The van der Waals surface area contributed by atoms with Crippen LogP contribution in [0.3, 0.4) is 0 Å². The highest BCUT2D eigenvalue weighted by Crippen LogP contribution is 2.23. The number of hydrogen-bond acceptors (Lipinski definition) is 5. The van der Waals surface area contributed by atoms with E-state index in [2.05, 4.69) is 15.6 Å². The molecule has 0 aliphatic carbocycles. The first-order valence-corrected chi connectivity index (χ1v) is 10.2. The molecule has 2 N–H and O–H groups in total. The molecule has 28 heavy (non-hydrogen) atoms. The number of fused-ring (bicyclic) bond motifs is 1. The molecule has 7 heteroatoms. The molecule has 0 bridgehead atoms. The summed E-state index contributed by atoms with van der Waals surface area (Å²) < 4.78 is 6.55. The van der Waals surface area contributed by atoms with Crippen molar-refractivity contribution in [1.29, 1.82) is 0 Å². The van der Waals surface area contributed by atoms with Crippen LogP contribution in [0.5, 0.6) is 5.75 Å². The smallest absolute Gasteiger partial charge is 0.319 e. The molecule has 2 amide bonds. The van der Waals surface area contributed by atoms with E-state index < -0.39 is 0 Å². The van der Waals surface area contributed by atoms with Crippen molar-refractivity contribution in [3.8, 4) is 5.75 Å². The Morgan fingerprint density at radius 1 is 1.14 bits per heavy atom. The lowest BCUT2D eigenvalue weighted by molar-refractivity contribution is -0.134. The minimum Gasteiger partial charge on any atom is -0.426 e. The number of nitrogens with one attached hydrogen (secondary N) is 2. The average molecular weight is 398 g/mol. The van der Waals surface area contributed by atoms with Gasteiger partial charge in [0.05, 0.1) is 15.2 Å². The predicted molar refractivity (Wildman–Crippen MR) is 112 cm³/mol. The number of benzene rings is 2. The summed E-state index contributed by atoms with van der Waals surface area (Å²) in [5, 5.41) is 6.48. The number of carbonyl (C=O) groups is 2. The van der Waals surface area contributed by atoms with Gasteiger partial charge in [-0.2, -0.15) is 0 Å². The molecule has 0 saturated carbocycles. The van der Waals surface area contributed by atoms with Crippen molar-refractivity contribution < 1.29 is 14.3 Å². The van der Waals surface area contributed by atoms with E-state index in [0.717, 1.165) is 28.1 Å². The topological polar surface area (TPSA) is 80.3 Å². The highest BCUT2D eigenvalue weighted by Gasteiger charge is 2.09. The van der Waals surface area contributed by atoms with E-state index in [1.807, 2.05) is 31.2 Å². The molecule has 2 aromatic carbocycles. The van der Waals surface area contributed by atoms with Gasteiger partial charge in [0.1, 0.15) is 5.75 Å². The SMILES string of the molecule is CCCNC(=O)Nc1cccc(OC(=O)CCCc2nc3ccccc3s2)c1. The van der Waals surface area contributed by atoms with Crippen molar-refractivity contribution in [3.63, 3.8) is 0 Å². The van der Waals surface area contributed by atoms with Crippen LogP contribution >= 0.6 is 11.3 Å². The molecule has 0 unspecified atom stereocenters. The molecule has 3 aromatic rings. The average Bonchev–Trinajstić information content (AvgIpc) is 3.09. The van der Waals surface area contributed by atoms with E-state index in [4.69, 9.17) is 4.74 Å². The van der Waals surface area contributed by atoms with Crippen molar-refractivity contribution in [1.82, 2.24) is 10.3 Å².